The Morgan fingerprint density at radius 2 is 2.11 bits per heavy atom. The van der Waals surface area contributed by atoms with Gasteiger partial charge in [-0.25, -0.2) is 4.98 Å². The minimum Gasteiger partial charge on any atom is -0.271 e. The van der Waals surface area contributed by atoms with Crippen LogP contribution in [0.5, 0.6) is 0 Å². The number of aryl methyl sites for hydroxylation is 2. The van der Waals surface area contributed by atoms with Crippen LogP contribution in [-0.2, 0) is 6.42 Å². The maximum Gasteiger partial charge on any atom is 0.0820 e. The monoisotopic (exact) mass is 276 g/mol. The van der Waals surface area contributed by atoms with E-state index >= 15 is 0 Å². The number of unbranched alkanes of at least 4 members (excludes halogenated alkanes) is 2. The Hall–Kier alpha value is -1.30. The Morgan fingerprint density at radius 1 is 1.21 bits per heavy atom. The largest absolute Gasteiger partial charge is 0.271 e. The van der Waals surface area contributed by atoms with Gasteiger partial charge in [0, 0.05) is 12.7 Å². The van der Waals surface area contributed by atoms with Crippen molar-refractivity contribution in [1.29, 1.82) is 0 Å². The molecule has 0 radical (unpaired) electrons. The van der Waals surface area contributed by atoms with Crippen LogP contribution in [-0.4, -0.2) is 16.5 Å². The third-order valence-corrected chi connectivity index (χ3v) is 4.04. The number of rotatable bonds is 7. The van der Waals surface area contributed by atoms with Crippen molar-refractivity contribution in [1.82, 2.24) is 15.4 Å². The smallest absolute Gasteiger partial charge is 0.0820 e. The molecular weight excluding hydrogens is 256 g/mol. The number of nitrogens with zero attached hydrogens (tertiary/aromatic N) is 2. The molecule has 0 saturated carbocycles. The van der Waals surface area contributed by atoms with E-state index in [1.165, 1.54) is 23.3 Å². The average molecular weight is 276 g/mol. The maximum atomic E-state index is 5.23. The SMILES string of the molecule is Cc1ncsc1-c1ccc(CCCCCNN)cn1. The van der Waals surface area contributed by atoms with Crippen molar-refractivity contribution >= 4 is 11.3 Å². The lowest BCUT2D eigenvalue weighted by Crippen LogP contribution is -2.22. The Bertz CT molecular complexity index is 492. The van der Waals surface area contributed by atoms with Crippen LogP contribution in [0.3, 0.4) is 0 Å². The number of hydrogen-bond donors (Lipinski definition) is 2. The molecule has 2 heterocycles. The maximum absolute atomic E-state index is 5.23. The van der Waals surface area contributed by atoms with Crippen LogP contribution in [0.2, 0.25) is 0 Å². The number of hydrazine groups is 1. The lowest BCUT2D eigenvalue weighted by atomic mass is 10.1. The summed E-state index contributed by atoms with van der Waals surface area (Å²) in [6.07, 6.45) is 6.57. The number of nitrogens with two attached hydrogens (primary N) is 1. The highest BCUT2D eigenvalue weighted by Crippen LogP contribution is 2.25. The van der Waals surface area contributed by atoms with Crippen molar-refractivity contribution < 1.29 is 0 Å². The summed E-state index contributed by atoms with van der Waals surface area (Å²) in [5.41, 5.74) is 7.92. The van der Waals surface area contributed by atoms with E-state index in [9.17, 15) is 0 Å². The summed E-state index contributed by atoms with van der Waals surface area (Å²) in [6, 6.07) is 4.26. The molecule has 2 rings (SSSR count). The first-order valence-electron chi connectivity index (χ1n) is 6.60. The second kappa shape index (κ2) is 7.33. The van der Waals surface area contributed by atoms with E-state index in [0.29, 0.717) is 0 Å². The highest BCUT2D eigenvalue weighted by atomic mass is 32.1. The molecular formula is C14H20N4S. The number of pyridine rings is 1. The van der Waals surface area contributed by atoms with Crippen molar-refractivity contribution in [2.45, 2.75) is 32.6 Å². The van der Waals surface area contributed by atoms with Gasteiger partial charge in [-0.1, -0.05) is 12.5 Å². The minimum absolute atomic E-state index is 0.891. The van der Waals surface area contributed by atoms with Gasteiger partial charge in [0.25, 0.3) is 0 Å². The van der Waals surface area contributed by atoms with E-state index in [0.717, 1.165) is 30.8 Å². The fourth-order valence-electron chi connectivity index (χ4n) is 1.99. The van der Waals surface area contributed by atoms with Gasteiger partial charge in [0.15, 0.2) is 0 Å². The Morgan fingerprint density at radius 3 is 2.74 bits per heavy atom. The average Bonchev–Trinajstić information content (AvgIpc) is 2.86. The molecule has 2 aromatic rings. The van der Waals surface area contributed by atoms with E-state index < -0.39 is 0 Å². The lowest BCUT2D eigenvalue weighted by Gasteiger charge is -2.03. The topological polar surface area (TPSA) is 63.8 Å². The zero-order valence-electron chi connectivity index (χ0n) is 11.2. The molecule has 0 aliphatic rings. The van der Waals surface area contributed by atoms with Gasteiger partial charge in [-0.2, -0.15) is 0 Å². The molecule has 0 aliphatic carbocycles. The summed E-state index contributed by atoms with van der Waals surface area (Å²) in [7, 11) is 0. The molecule has 0 aliphatic heterocycles. The second-order valence-electron chi connectivity index (χ2n) is 4.58. The lowest BCUT2D eigenvalue weighted by molar-refractivity contribution is 0.619. The van der Waals surface area contributed by atoms with Gasteiger partial charge in [-0.15, -0.1) is 11.3 Å². The molecule has 2 aromatic heterocycles. The van der Waals surface area contributed by atoms with Gasteiger partial charge in [0.05, 0.1) is 21.8 Å². The van der Waals surface area contributed by atoms with E-state index in [1.807, 2.05) is 18.6 Å². The number of hydrogen-bond acceptors (Lipinski definition) is 5. The zero-order chi connectivity index (χ0) is 13.5. The summed E-state index contributed by atoms with van der Waals surface area (Å²) in [5, 5.41) is 0. The first-order valence-corrected chi connectivity index (χ1v) is 7.48. The van der Waals surface area contributed by atoms with Crippen molar-refractivity contribution in [2.24, 2.45) is 5.84 Å². The summed E-state index contributed by atoms with van der Waals surface area (Å²) in [4.78, 5) is 9.96. The number of nitrogens with one attached hydrogen (secondary N) is 1. The fourth-order valence-corrected chi connectivity index (χ4v) is 2.77. The molecule has 4 nitrogen and oxygen atoms in total. The molecule has 0 bridgehead atoms. The van der Waals surface area contributed by atoms with Gasteiger partial charge in [-0.3, -0.25) is 16.3 Å². The Kier molecular flexibility index (Phi) is 5.44. The van der Waals surface area contributed by atoms with Crippen LogP contribution in [0.15, 0.2) is 23.8 Å². The quantitative estimate of drug-likeness (QED) is 0.463. The van der Waals surface area contributed by atoms with Crippen molar-refractivity contribution in [3.8, 4) is 10.6 Å². The third-order valence-electron chi connectivity index (χ3n) is 3.09. The number of thiazole rings is 1. The third kappa shape index (κ3) is 4.09. The molecule has 0 saturated heterocycles. The fraction of sp³-hybridized carbons (Fsp3) is 0.429. The molecule has 0 fully saturated rings. The second-order valence-corrected chi connectivity index (χ2v) is 5.44. The van der Waals surface area contributed by atoms with Gasteiger partial charge < -0.3 is 0 Å². The molecule has 0 spiro atoms. The Labute approximate surface area is 118 Å². The van der Waals surface area contributed by atoms with Gasteiger partial charge in [-0.05, 0) is 37.8 Å². The summed E-state index contributed by atoms with van der Waals surface area (Å²) in [5.74, 6) is 5.23. The van der Waals surface area contributed by atoms with Crippen LogP contribution >= 0.6 is 11.3 Å². The molecule has 19 heavy (non-hydrogen) atoms. The summed E-state index contributed by atoms with van der Waals surface area (Å²) < 4.78 is 0. The van der Waals surface area contributed by atoms with E-state index in [1.54, 1.807) is 11.3 Å². The molecule has 0 amide bonds. The highest BCUT2D eigenvalue weighted by molar-refractivity contribution is 7.13. The normalized spacial score (nSPS) is 10.8. The van der Waals surface area contributed by atoms with E-state index in [4.69, 9.17) is 5.84 Å². The first-order chi connectivity index (χ1) is 9.31. The Balaban J connectivity index is 1.87. The van der Waals surface area contributed by atoms with E-state index in [2.05, 4.69) is 27.5 Å². The van der Waals surface area contributed by atoms with Crippen LogP contribution < -0.4 is 11.3 Å². The highest BCUT2D eigenvalue weighted by Gasteiger charge is 2.05. The van der Waals surface area contributed by atoms with Gasteiger partial charge in [0.1, 0.15) is 0 Å². The van der Waals surface area contributed by atoms with Crippen molar-refractivity contribution in [3.05, 3.63) is 35.1 Å². The van der Waals surface area contributed by atoms with Crippen LogP contribution in [0.1, 0.15) is 30.5 Å². The predicted molar refractivity (Wildman–Crippen MR) is 79.8 cm³/mol. The van der Waals surface area contributed by atoms with Crippen molar-refractivity contribution in [3.63, 3.8) is 0 Å². The zero-order valence-corrected chi connectivity index (χ0v) is 12.0. The van der Waals surface area contributed by atoms with Crippen LogP contribution in [0, 0.1) is 6.92 Å². The molecule has 5 heteroatoms. The molecule has 0 aromatic carbocycles. The number of aromatic nitrogens is 2. The van der Waals surface area contributed by atoms with Crippen molar-refractivity contribution in [2.75, 3.05) is 6.54 Å². The minimum atomic E-state index is 0.891. The van der Waals surface area contributed by atoms with E-state index in [-0.39, 0.29) is 0 Å². The van der Waals surface area contributed by atoms with Gasteiger partial charge >= 0.3 is 0 Å². The first kappa shape index (κ1) is 14.1. The molecule has 0 atom stereocenters. The molecule has 0 unspecified atom stereocenters. The summed E-state index contributed by atoms with van der Waals surface area (Å²) >= 11 is 1.64. The predicted octanol–water partition coefficient (Wildman–Crippen LogP) is 2.69. The standard InChI is InChI=1S/C14H20N4S/c1-11-14(19-10-17-11)13-7-6-12(9-16-13)5-3-2-4-8-18-15/h6-7,9-10,18H,2-5,8,15H2,1H3. The summed E-state index contributed by atoms with van der Waals surface area (Å²) in [6.45, 7) is 2.91. The van der Waals surface area contributed by atoms with Gasteiger partial charge in [0.2, 0.25) is 0 Å². The van der Waals surface area contributed by atoms with Crippen LogP contribution in [0.4, 0.5) is 0 Å². The molecule has 102 valence electrons. The molecule has 3 N–H and O–H groups in total. The van der Waals surface area contributed by atoms with Crippen LogP contribution in [0.25, 0.3) is 10.6 Å².